The van der Waals surface area contributed by atoms with Crippen LogP contribution < -0.4 is 4.74 Å². The van der Waals surface area contributed by atoms with E-state index in [0.29, 0.717) is 12.3 Å². The molecule has 1 atom stereocenters. The van der Waals surface area contributed by atoms with Crippen LogP contribution in [0.2, 0.25) is 0 Å². The second-order valence-corrected chi connectivity index (χ2v) is 5.21. The molecule has 0 radical (unpaired) electrons. The van der Waals surface area contributed by atoms with E-state index in [2.05, 4.69) is 15.9 Å². The molecule has 16 heavy (non-hydrogen) atoms. The summed E-state index contributed by atoms with van der Waals surface area (Å²) in [7, 11) is 1.38. The molecule has 0 saturated carbocycles. The topological polar surface area (TPSA) is 9.23 Å². The van der Waals surface area contributed by atoms with Crippen molar-refractivity contribution in [2.24, 2.45) is 5.92 Å². The molecule has 90 valence electrons. The maximum absolute atomic E-state index is 13.6. The zero-order valence-electron chi connectivity index (χ0n) is 9.56. The summed E-state index contributed by atoms with van der Waals surface area (Å²) in [5.41, 5.74) is 0.0782. The Morgan fingerprint density at radius 3 is 2.12 bits per heavy atom. The van der Waals surface area contributed by atoms with Crippen molar-refractivity contribution in [3.8, 4) is 5.75 Å². The molecule has 0 aliphatic heterocycles. The molecule has 1 nitrogen and oxygen atoms in total. The summed E-state index contributed by atoms with van der Waals surface area (Å²) in [5, 5.41) is 0. The number of hydrogen-bond donors (Lipinski definition) is 0. The molecular weight excluding hydrogens is 278 g/mol. The van der Waals surface area contributed by atoms with Gasteiger partial charge in [-0.3, -0.25) is 0 Å². The molecule has 0 heterocycles. The summed E-state index contributed by atoms with van der Waals surface area (Å²) in [6, 6.07) is 2.40. The van der Waals surface area contributed by atoms with Gasteiger partial charge in [0.15, 0.2) is 0 Å². The number of alkyl halides is 1. The zero-order chi connectivity index (χ0) is 12.3. The fourth-order valence-corrected chi connectivity index (χ4v) is 2.69. The lowest BCUT2D eigenvalue weighted by Gasteiger charge is -2.15. The number of rotatable bonds is 4. The van der Waals surface area contributed by atoms with Crippen molar-refractivity contribution >= 4 is 15.9 Å². The summed E-state index contributed by atoms with van der Waals surface area (Å²) in [5.74, 6) is -0.577. The van der Waals surface area contributed by atoms with Crippen molar-refractivity contribution in [2.45, 2.75) is 25.1 Å². The second kappa shape index (κ2) is 5.62. The molecule has 4 heteroatoms. The van der Waals surface area contributed by atoms with E-state index in [1.807, 2.05) is 13.8 Å². The summed E-state index contributed by atoms with van der Waals surface area (Å²) in [4.78, 5) is -0.307. The smallest absolute Gasteiger partial charge is 0.134 e. The molecule has 0 aromatic heterocycles. The van der Waals surface area contributed by atoms with Crippen LogP contribution in [0.25, 0.3) is 0 Å². The predicted molar refractivity (Wildman–Crippen MR) is 64.0 cm³/mol. The van der Waals surface area contributed by atoms with Crippen LogP contribution in [0.1, 0.15) is 30.7 Å². The number of methoxy groups -OCH3 is 1. The van der Waals surface area contributed by atoms with Crippen LogP contribution in [0.4, 0.5) is 8.78 Å². The standard InChI is InChI=1S/C12H15BrF2O/c1-7(2)4-9(13)12-10(14)5-8(16-3)6-11(12)15/h5-7,9H,4H2,1-3H3. The molecule has 0 bridgehead atoms. The second-order valence-electron chi connectivity index (χ2n) is 4.10. The third-order valence-electron chi connectivity index (χ3n) is 2.28. The molecule has 0 amide bonds. The molecule has 0 N–H and O–H groups in total. The average Bonchev–Trinajstić information content (AvgIpc) is 2.15. The number of halogens is 3. The first-order valence-electron chi connectivity index (χ1n) is 5.12. The highest BCUT2D eigenvalue weighted by molar-refractivity contribution is 9.09. The Morgan fingerprint density at radius 2 is 1.75 bits per heavy atom. The minimum absolute atomic E-state index is 0.0782. The minimum atomic E-state index is -0.570. The van der Waals surface area contributed by atoms with E-state index in [1.54, 1.807) is 0 Å². The van der Waals surface area contributed by atoms with Gasteiger partial charge >= 0.3 is 0 Å². The Labute approximate surface area is 103 Å². The number of benzene rings is 1. The van der Waals surface area contributed by atoms with Crippen molar-refractivity contribution in [1.29, 1.82) is 0 Å². The number of hydrogen-bond acceptors (Lipinski definition) is 1. The van der Waals surface area contributed by atoms with Crippen LogP contribution in [0, 0.1) is 17.6 Å². The quantitative estimate of drug-likeness (QED) is 0.745. The number of ether oxygens (including phenoxy) is 1. The Kier molecular flexibility index (Phi) is 4.71. The van der Waals surface area contributed by atoms with Gasteiger partial charge in [-0.2, -0.15) is 0 Å². The molecule has 0 saturated heterocycles. The molecule has 1 aromatic rings. The van der Waals surface area contributed by atoms with E-state index >= 15 is 0 Å². The van der Waals surface area contributed by atoms with E-state index in [1.165, 1.54) is 19.2 Å². The fraction of sp³-hybridized carbons (Fsp3) is 0.500. The summed E-state index contributed by atoms with van der Waals surface area (Å²) in [6.07, 6.45) is 0.681. The lowest BCUT2D eigenvalue weighted by molar-refractivity contribution is 0.404. The molecule has 1 unspecified atom stereocenters. The van der Waals surface area contributed by atoms with Crippen molar-refractivity contribution in [3.63, 3.8) is 0 Å². The van der Waals surface area contributed by atoms with Crippen LogP contribution in [-0.4, -0.2) is 7.11 Å². The van der Waals surface area contributed by atoms with E-state index in [9.17, 15) is 8.78 Å². The Morgan fingerprint density at radius 1 is 1.25 bits per heavy atom. The molecule has 0 aliphatic rings. The van der Waals surface area contributed by atoms with Crippen molar-refractivity contribution in [3.05, 3.63) is 29.3 Å². The van der Waals surface area contributed by atoms with Gasteiger partial charge in [-0.25, -0.2) is 8.78 Å². The van der Waals surface area contributed by atoms with Crippen molar-refractivity contribution in [1.82, 2.24) is 0 Å². The zero-order valence-corrected chi connectivity index (χ0v) is 11.1. The van der Waals surface area contributed by atoms with Gasteiger partial charge in [0.25, 0.3) is 0 Å². The van der Waals surface area contributed by atoms with Crippen molar-refractivity contribution < 1.29 is 13.5 Å². The Hall–Kier alpha value is -0.640. The first kappa shape index (κ1) is 13.4. The highest BCUT2D eigenvalue weighted by Crippen LogP contribution is 2.35. The summed E-state index contributed by atoms with van der Waals surface area (Å²) >= 11 is 3.31. The molecule has 0 aliphatic carbocycles. The molecule has 0 spiro atoms. The van der Waals surface area contributed by atoms with Crippen LogP contribution in [0.3, 0.4) is 0 Å². The maximum Gasteiger partial charge on any atom is 0.134 e. The first-order valence-corrected chi connectivity index (χ1v) is 6.04. The van der Waals surface area contributed by atoms with Gasteiger partial charge < -0.3 is 4.74 Å². The van der Waals surface area contributed by atoms with Gasteiger partial charge in [-0.15, -0.1) is 0 Å². The first-order chi connectivity index (χ1) is 7.45. The van der Waals surface area contributed by atoms with Gasteiger partial charge in [-0.05, 0) is 12.3 Å². The van der Waals surface area contributed by atoms with Gasteiger partial charge in [0.2, 0.25) is 0 Å². The van der Waals surface area contributed by atoms with Gasteiger partial charge in [0, 0.05) is 22.5 Å². The molecule has 0 fully saturated rings. The van der Waals surface area contributed by atoms with E-state index in [-0.39, 0.29) is 16.1 Å². The average molecular weight is 293 g/mol. The Balaban J connectivity index is 3.04. The van der Waals surface area contributed by atoms with Crippen LogP contribution >= 0.6 is 15.9 Å². The van der Waals surface area contributed by atoms with Crippen LogP contribution in [0.5, 0.6) is 5.75 Å². The maximum atomic E-state index is 13.6. The van der Waals surface area contributed by atoms with E-state index in [4.69, 9.17) is 4.74 Å². The SMILES string of the molecule is COc1cc(F)c(C(Br)CC(C)C)c(F)c1. The Bertz CT molecular complexity index is 343. The normalized spacial score (nSPS) is 12.9. The predicted octanol–water partition coefficient (Wildman–Crippen LogP) is 4.46. The van der Waals surface area contributed by atoms with Gasteiger partial charge in [-0.1, -0.05) is 29.8 Å². The monoisotopic (exact) mass is 292 g/mol. The summed E-state index contributed by atoms with van der Waals surface area (Å²) < 4.78 is 32.1. The van der Waals surface area contributed by atoms with Crippen molar-refractivity contribution in [2.75, 3.05) is 7.11 Å². The summed E-state index contributed by atoms with van der Waals surface area (Å²) in [6.45, 7) is 4.02. The van der Waals surface area contributed by atoms with Crippen LogP contribution in [-0.2, 0) is 0 Å². The third-order valence-corrected chi connectivity index (χ3v) is 3.11. The molecular formula is C12H15BrF2O. The van der Waals surface area contributed by atoms with Gasteiger partial charge in [0.1, 0.15) is 17.4 Å². The molecule has 1 aromatic carbocycles. The van der Waals surface area contributed by atoms with E-state index < -0.39 is 11.6 Å². The largest absolute Gasteiger partial charge is 0.497 e. The highest BCUT2D eigenvalue weighted by atomic mass is 79.9. The molecule has 1 rings (SSSR count). The lowest BCUT2D eigenvalue weighted by Crippen LogP contribution is -2.03. The lowest BCUT2D eigenvalue weighted by atomic mass is 10.0. The minimum Gasteiger partial charge on any atom is -0.497 e. The third kappa shape index (κ3) is 3.17. The van der Waals surface area contributed by atoms with E-state index in [0.717, 1.165) is 0 Å². The highest BCUT2D eigenvalue weighted by Gasteiger charge is 2.20. The fourth-order valence-electron chi connectivity index (χ4n) is 1.51. The van der Waals surface area contributed by atoms with Crippen LogP contribution in [0.15, 0.2) is 12.1 Å². The van der Waals surface area contributed by atoms with Gasteiger partial charge in [0.05, 0.1) is 7.11 Å².